The second-order valence-corrected chi connectivity index (χ2v) is 10.6. The van der Waals surface area contributed by atoms with Gasteiger partial charge in [0, 0.05) is 23.2 Å². The van der Waals surface area contributed by atoms with Gasteiger partial charge in [0.25, 0.3) is 15.9 Å². The maximum absolute atomic E-state index is 13.3. The first-order chi connectivity index (χ1) is 14.2. The van der Waals surface area contributed by atoms with Crippen LogP contribution in [0.1, 0.15) is 40.5 Å². The van der Waals surface area contributed by atoms with E-state index < -0.39 is 15.6 Å². The number of rotatable bonds is 5. The van der Waals surface area contributed by atoms with Gasteiger partial charge in [0.15, 0.2) is 0 Å². The first-order valence-corrected chi connectivity index (χ1v) is 12.0. The molecule has 0 aliphatic carbocycles. The molecule has 3 aromatic rings. The minimum atomic E-state index is -3.76. The van der Waals surface area contributed by atoms with E-state index in [1.54, 1.807) is 12.1 Å². The molecule has 0 saturated carbocycles. The zero-order chi connectivity index (χ0) is 21.5. The van der Waals surface area contributed by atoms with Crippen LogP contribution in [0.4, 0.5) is 5.69 Å². The molecule has 156 valence electrons. The van der Waals surface area contributed by atoms with Crippen molar-refractivity contribution in [3.8, 4) is 0 Å². The predicted molar refractivity (Wildman–Crippen MR) is 118 cm³/mol. The van der Waals surface area contributed by atoms with Gasteiger partial charge in [0.2, 0.25) is 0 Å². The van der Waals surface area contributed by atoms with Crippen LogP contribution in [-0.4, -0.2) is 25.9 Å². The molecule has 2 aromatic carbocycles. The predicted octanol–water partition coefficient (Wildman–Crippen LogP) is 3.87. The van der Waals surface area contributed by atoms with E-state index >= 15 is 0 Å². The topological polar surface area (TPSA) is 79.4 Å². The van der Waals surface area contributed by atoms with E-state index in [0.29, 0.717) is 24.2 Å². The number of para-hydroxylation sites is 1. The van der Waals surface area contributed by atoms with Crippen molar-refractivity contribution < 1.29 is 13.2 Å². The Balaban J connectivity index is 1.60. The lowest BCUT2D eigenvalue weighted by atomic mass is 10.1. The molecule has 1 N–H and O–H groups in total. The Kier molecular flexibility index (Phi) is 5.15. The lowest BCUT2D eigenvalue weighted by molar-refractivity contribution is 0.0911. The number of anilines is 1. The number of thiazole rings is 1. The van der Waals surface area contributed by atoms with Crippen molar-refractivity contribution in [2.45, 2.75) is 37.6 Å². The third-order valence-electron chi connectivity index (χ3n) is 5.11. The van der Waals surface area contributed by atoms with Gasteiger partial charge in [-0.15, -0.1) is 11.3 Å². The van der Waals surface area contributed by atoms with Crippen molar-refractivity contribution in [1.29, 1.82) is 0 Å². The Hall–Kier alpha value is -2.71. The number of fused-ring (bicyclic) bond motifs is 1. The Bertz CT molecular complexity index is 1220. The third-order valence-corrected chi connectivity index (χ3v) is 8.20. The molecule has 0 bridgehead atoms. The molecule has 30 heavy (non-hydrogen) atoms. The van der Waals surface area contributed by atoms with Crippen molar-refractivity contribution in [3.63, 3.8) is 0 Å². The van der Waals surface area contributed by atoms with Gasteiger partial charge in [-0.25, -0.2) is 13.4 Å². The fourth-order valence-electron chi connectivity index (χ4n) is 3.53. The van der Waals surface area contributed by atoms with Crippen molar-refractivity contribution in [1.82, 2.24) is 10.3 Å². The average molecular weight is 442 g/mol. The molecule has 0 unspecified atom stereocenters. The first kappa shape index (κ1) is 20.6. The summed E-state index contributed by atoms with van der Waals surface area (Å²) in [5.74, 6) is -0.341. The lowest BCUT2D eigenvalue weighted by Crippen LogP contribution is -2.41. The third kappa shape index (κ3) is 3.73. The van der Waals surface area contributed by atoms with Gasteiger partial charge < -0.3 is 5.32 Å². The summed E-state index contributed by atoms with van der Waals surface area (Å²) >= 11 is 1.48. The van der Waals surface area contributed by atoms with E-state index in [0.717, 1.165) is 16.3 Å². The van der Waals surface area contributed by atoms with Crippen molar-refractivity contribution in [2.24, 2.45) is 0 Å². The number of hydrogen-bond donors (Lipinski definition) is 1. The fourth-order valence-corrected chi connectivity index (χ4v) is 5.96. The first-order valence-electron chi connectivity index (χ1n) is 9.64. The number of amides is 1. The molecule has 0 radical (unpaired) electrons. The molecule has 2 heterocycles. The van der Waals surface area contributed by atoms with Gasteiger partial charge in [-0.1, -0.05) is 24.3 Å². The van der Waals surface area contributed by atoms with Crippen LogP contribution in [0.25, 0.3) is 0 Å². The van der Waals surface area contributed by atoms with Crippen LogP contribution in [-0.2, 0) is 22.0 Å². The SMILES string of the molecule is Cc1csc(C(C)(C)NC(=O)c2cccc(S(=O)(=O)N3CCc4ccccc43)c2)n1. The fraction of sp³-hybridized carbons (Fsp3) is 0.273. The van der Waals surface area contributed by atoms with Crippen LogP contribution >= 0.6 is 11.3 Å². The second-order valence-electron chi connectivity index (χ2n) is 7.86. The molecule has 0 saturated heterocycles. The number of sulfonamides is 1. The normalized spacial score (nSPS) is 13.9. The number of aryl methyl sites for hydroxylation is 1. The Morgan fingerprint density at radius 1 is 1.17 bits per heavy atom. The highest BCUT2D eigenvalue weighted by molar-refractivity contribution is 7.92. The smallest absolute Gasteiger partial charge is 0.264 e. The average Bonchev–Trinajstić information content (AvgIpc) is 3.35. The van der Waals surface area contributed by atoms with Crippen molar-refractivity contribution in [3.05, 3.63) is 75.7 Å². The number of nitrogens with zero attached hydrogens (tertiary/aromatic N) is 2. The molecular weight excluding hydrogens is 418 g/mol. The minimum Gasteiger partial charge on any atom is -0.341 e. The van der Waals surface area contributed by atoms with Crippen LogP contribution in [0.3, 0.4) is 0 Å². The molecule has 8 heteroatoms. The van der Waals surface area contributed by atoms with E-state index in [4.69, 9.17) is 0 Å². The summed E-state index contributed by atoms with van der Waals surface area (Å²) in [5, 5.41) is 5.70. The minimum absolute atomic E-state index is 0.106. The summed E-state index contributed by atoms with van der Waals surface area (Å²) in [6.07, 6.45) is 0.678. The van der Waals surface area contributed by atoms with E-state index in [9.17, 15) is 13.2 Å². The number of benzene rings is 2. The monoisotopic (exact) mass is 441 g/mol. The summed E-state index contributed by atoms with van der Waals surface area (Å²) in [4.78, 5) is 17.5. The van der Waals surface area contributed by atoms with Crippen LogP contribution in [0.15, 0.2) is 58.8 Å². The Morgan fingerprint density at radius 2 is 1.93 bits per heavy atom. The molecular formula is C22H23N3O3S2. The molecule has 4 rings (SSSR count). The van der Waals surface area contributed by atoms with Crippen LogP contribution in [0.5, 0.6) is 0 Å². The van der Waals surface area contributed by atoms with Crippen LogP contribution < -0.4 is 9.62 Å². The highest BCUT2D eigenvalue weighted by Crippen LogP contribution is 2.33. The lowest BCUT2D eigenvalue weighted by Gasteiger charge is -2.24. The van der Waals surface area contributed by atoms with Crippen LogP contribution in [0.2, 0.25) is 0 Å². The van der Waals surface area contributed by atoms with Gasteiger partial charge in [0.05, 0.1) is 16.1 Å². The number of hydrogen-bond acceptors (Lipinski definition) is 5. The molecule has 0 fully saturated rings. The van der Waals surface area contributed by atoms with E-state index in [1.807, 2.05) is 50.4 Å². The maximum Gasteiger partial charge on any atom is 0.264 e. The van der Waals surface area contributed by atoms with Gasteiger partial charge >= 0.3 is 0 Å². The number of carbonyl (C=O) groups is 1. The number of nitrogens with one attached hydrogen (secondary N) is 1. The van der Waals surface area contributed by atoms with Crippen molar-refractivity contribution >= 4 is 33.0 Å². The van der Waals surface area contributed by atoms with Crippen LogP contribution in [0, 0.1) is 6.92 Å². The quantitative estimate of drug-likeness (QED) is 0.652. The Morgan fingerprint density at radius 3 is 2.67 bits per heavy atom. The van der Waals surface area contributed by atoms with Gasteiger partial charge in [-0.2, -0.15) is 0 Å². The molecule has 0 spiro atoms. The largest absolute Gasteiger partial charge is 0.341 e. The van der Waals surface area contributed by atoms with Crippen molar-refractivity contribution in [2.75, 3.05) is 10.8 Å². The van der Waals surface area contributed by atoms with Gasteiger partial charge in [0.1, 0.15) is 5.01 Å². The number of aromatic nitrogens is 1. The van der Waals surface area contributed by atoms with Gasteiger partial charge in [-0.05, 0) is 57.0 Å². The highest BCUT2D eigenvalue weighted by atomic mass is 32.2. The summed E-state index contributed by atoms with van der Waals surface area (Å²) < 4.78 is 28.0. The molecule has 6 nitrogen and oxygen atoms in total. The molecule has 1 amide bonds. The maximum atomic E-state index is 13.3. The number of carbonyl (C=O) groups excluding carboxylic acids is 1. The zero-order valence-corrected chi connectivity index (χ0v) is 18.7. The Labute approximate surface area is 180 Å². The zero-order valence-electron chi connectivity index (χ0n) is 17.0. The molecule has 1 aliphatic heterocycles. The van der Waals surface area contributed by atoms with E-state index in [2.05, 4.69) is 10.3 Å². The summed E-state index contributed by atoms with van der Waals surface area (Å²) in [5.41, 5.74) is 2.24. The molecule has 1 aliphatic rings. The highest BCUT2D eigenvalue weighted by Gasteiger charge is 2.32. The summed E-state index contributed by atoms with van der Waals surface area (Å²) in [7, 11) is -3.76. The van der Waals surface area contributed by atoms with E-state index in [-0.39, 0.29) is 10.8 Å². The second kappa shape index (κ2) is 7.52. The summed E-state index contributed by atoms with van der Waals surface area (Å²) in [6.45, 7) is 6.06. The molecule has 1 aromatic heterocycles. The summed E-state index contributed by atoms with van der Waals surface area (Å²) in [6, 6.07) is 13.7. The standard InChI is InChI=1S/C22H23N3O3S2/c1-15-14-29-21(23-15)22(2,3)24-20(26)17-8-6-9-18(13-17)30(27,28)25-12-11-16-7-4-5-10-19(16)25/h4-10,13-14H,11-12H2,1-3H3,(H,24,26). The van der Waals surface area contributed by atoms with E-state index in [1.165, 1.54) is 27.8 Å². The van der Waals surface area contributed by atoms with Gasteiger partial charge in [-0.3, -0.25) is 9.10 Å². The molecule has 0 atom stereocenters.